The van der Waals surface area contributed by atoms with Crippen LogP contribution in [0.4, 0.5) is 0 Å². The number of aldehydes is 1. The van der Waals surface area contributed by atoms with E-state index in [0.717, 1.165) is 18.3 Å². The van der Waals surface area contributed by atoms with Crippen LogP contribution in [0.5, 0.6) is 0 Å². The first-order valence-electron chi connectivity index (χ1n) is 8.70. The van der Waals surface area contributed by atoms with Crippen LogP contribution in [-0.4, -0.2) is 6.29 Å². The fourth-order valence-corrected chi connectivity index (χ4v) is 3.25. The first kappa shape index (κ1) is 19.4. The summed E-state index contributed by atoms with van der Waals surface area (Å²) in [6.45, 7) is 13.3. The van der Waals surface area contributed by atoms with E-state index in [2.05, 4.69) is 52.8 Å². The third-order valence-corrected chi connectivity index (χ3v) is 4.81. The van der Waals surface area contributed by atoms with Gasteiger partial charge in [-0.05, 0) is 80.2 Å². The van der Waals surface area contributed by atoms with Gasteiger partial charge in [0.1, 0.15) is 6.29 Å². The van der Waals surface area contributed by atoms with Crippen LogP contribution in [0.2, 0.25) is 0 Å². The molecule has 0 unspecified atom stereocenters. The fourth-order valence-electron chi connectivity index (χ4n) is 3.25. The zero-order valence-corrected chi connectivity index (χ0v) is 15.7. The summed E-state index contributed by atoms with van der Waals surface area (Å²) in [4.78, 5) is 10.5. The Morgan fingerprint density at radius 1 is 1.17 bits per heavy atom. The number of allylic oxidation sites excluding steroid dienone is 10. The average molecular weight is 312 g/mol. The third-order valence-electron chi connectivity index (χ3n) is 4.81. The molecule has 1 aliphatic carbocycles. The quantitative estimate of drug-likeness (QED) is 0.311. The van der Waals surface area contributed by atoms with Gasteiger partial charge in [-0.1, -0.05) is 50.6 Å². The van der Waals surface area contributed by atoms with E-state index in [1.807, 2.05) is 13.0 Å². The molecule has 0 N–H and O–H groups in total. The fraction of sp³-hybridized carbons (Fsp3) is 0.500. The van der Waals surface area contributed by atoms with E-state index in [-0.39, 0.29) is 5.41 Å². The topological polar surface area (TPSA) is 17.1 Å². The van der Waals surface area contributed by atoms with Gasteiger partial charge in [0.05, 0.1) is 0 Å². The maximum atomic E-state index is 10.5. The standard InChI is InChI=1S/C22H32O/c1-7-20(12-10-17(2)14-16-23)18(3)11-13-21-19(4)9-8-15-22(21,5)6/h10-14,16H,7-9,15H2,1-6H3/b12-10-,13-11?,17-14?,20-18?. The van der Waals surface area contributed by atoms with Gasteiger partial charge in [-0.3, -0.25) is 4.79 Å². The van der Waals surface area contributed by atoms with Gasteiger partial charge in [0.2, 0.25) is 0 Å². The molecule has 1 heteroatoms. The highest BCUT2D eigenvalue weighted by Crippen LogP contribution is 2.40. The summed E-state index contributed by atoms with van der Waals surface area (Å²) < 4.78 is 0. The first-order chi connectivity index (χ1) is 10.8. The lowest BCUT2D eigenvalue weighted by Crippen LogP contribution is -2.19. The molecule has 0 saturated carbocycles. The lowest BCUT2D eigenvalue weighted by Gasteiger charge is -2.33. The highest BCUT2D eigenvalue weighted by Gasteiger charge is 2.26. The molecule has 0 aromatic carbocycles. The molecule has 0 aromatic heterocycles. The molecular formula is C22H32O. The van der Waals surface area contributed by atoms with Gasteiger partial charge in [-0.25, -0.2) is 0 Å². The van der Waals surface area contributed by atoms with Crippen molar-refractivity contribution in [2.75, 3.05) is 0 Å². The van der Waals surface area contributed by atoms with Crippen molar-refractivity contribution >= 4 is 6.29 Å². The summed E-state index contributed by atoms with van der Waals surface area (Å²) in [5.41, 5.74) is 6.90. The summed E-state index contributed by atoms with van der Waals surface area (Å²) in [5.74, 6) is 0. The Morgan fingerprint density at radius 3 is 2.43 bits per heavy atom. The molecule has 0 bridgehead atoms. The van der Waals surface area contributed by atoms with E-state index in [9.17, 15) is 4.79 Å². The monoisotopic (exact) mass is 312 g/mol. The number of rotatable bonds is 6. The summed E-state index contributed by atoms with van der Waals surface area (Å²) in [7, 11) is 0. The minimum absolute atomic E-state index is 0.282. The zero-order valence-electron chi connectivity index (χ0n) is 15.7. The predicted octanol–water partition coefficient (Wildman–Crippen LogP) is 6.50. The molecule has 0 fully saturated rings. The minimum Gasteiger partial charge on any atom is -0.299 e. The molecule has 23 heavy (non-hydrogen) atoms. The van der Waals surface area contributed by atoms with Crippen LogP contribution < -0.4 is 0 Å². The smallest absolute Gasteiger partial charge is 0.143 e. The van der Waals surface area contributed by atoms with Gasteiger partial charge in [0.15, 0.2) is 0 Å². The van der Waals surface area contributed by atoms with Crippen LogP contribution in [-0.2, 0) is 4.79 Å². The van der Waals surface area contributed by atoms with Crippen molar-refractivity contribution in [3.05, 3.63) is 58.2 Å². The molecule has 0 saturated heterocycles. The number of hydrogen-bond donors (Lipinski definition) is 0. The minimum atomic E-state index is 0.282. The summed E-state index contributed by atoms with van der Waals surface area (Å²) >= 11 is 0. The second-order valence-corrected chi connectivity index (χ2v) is 7.21. The van der Waals surface area contributed by atoms with Crippen LogP contribution in [0.15, 0.2) is 58.2 Å². The van der Waals surface area contributed by atoms with E-state index >= 15 is 0 Å². The molecule has 0 spiro atoms. The second-order valence-electron chi connectivity index (χ2n) is 7.21. The summed E-state index contributed by atoms with van der Waals surface area (Å²) in [6, 6.07) is 0. The van der Waals surface area contributed by atoms with Crippen molar-refractivity contribution in [1.82, 2.24) is 0 Å². The van der Waals surface area contributed by atoms with Crippen LogP contribution >= 0.6 is 0 Å². The number of carbonyl (C=O) groups excluding carboxylic acids is 1. The zero-order chi connectivity index (χ0) is 17.5. The van der Waals surface area contributed by atoms with Crippen LogP contribution in [0.25, 0.3) is 0 Å². The molecule has 0 aliphatic heterocycles. The maximum absolute atomic E-state index is 10.5. The number of carbonyl (C=O) groups is 1. The van der Waals surface area contributed by atoms with E-state index in [0.29, 0.717) is 0 Å². The Balaban J connectivity index is 3.04. The summed E-state index contributed by atoms with van der Waals surface area (Å²) in [5, 5.41) is 0. The van der Waals surface area contributed by atoms with Gasteiger partial charge in [-0.2, -0.15) is 0 Å². The van der Waals surface area contributed by atoms with Crippen molar-refractivity contribution in [2.24, 2.45) is 5.41 Å². The number of hydrogen-bond acceptors (Lipinski definition) is 1. The van der Waals surface area contributed by atoms with E-state index in [4.69, 9.17) is 0 Å². The van der Waals surface area contributed by atoms with Gasteiger partial charge in [-0.15, -0.1) is 0 Å². The van der Waals surface area contributed by atoms with Crippen LogP contribution in [0.3, 0.4) is 0 Å². The Hall–Kier alpha value is -1.63. The normalized spacial score (nSPS) is 20.3. The predicted molar refractivity (Wildman–Crippen MR) is 101 cm³/mol. The highest BCUT2D eigenvalue weighted by molar-refractivity contribution is 5.67. The van der Waals surface area contributed by atoms with Crippen molar-refractivity contribution in [2.45, 2.75) is 67.2 Å². The van der Waals surface area contributed by atoms with Crippen LogP contribution in [0.1, 0.15) is 67.2 Å². The van der Waals surface area contributed by atoms with Gasteiger partial charge in [0.25, 0.3) is 0 Å². The van der Waals surface area contributed by atoms with E-state index < -0.39 is 0 Å². The van der Waals surface area contributed by atoms with Gasteiger partial charge in [0, 0.05) is 0 Å². The lowest BCUT2D eigenvalue weighted by molar-refractivity contribution is -0.104. The second kappa shape index (κ2) is 8.86. The molecular weight excluding hydrogens is 280 g/mol. The van der Waals surface area contributed by atoms with Crippen molar-refractivity contribution in [3.8, 4) is 0 Å². The molecule has 1 aliphatic rings. The van der Waals surface area contributed by atoms with E-state index in [1.165, 1.54) is 41.6 Å². The first-order valence-corrected chi connectivity index (χ1v) is 8.70. The van der Waals surface area contributed by atoms with Gasteiger partial charge >= 0.3 is 0 Å². The van der Waals surface area contributed by atoms with Crippen molar-refractivity contribution in [3.63, 3.8) is 0 Å². The molecule has 0 heterocycles. The van der Waals surface area contributed by atoms with E-state index in [1.54, 1.807) is 6.08 Å². The van der Waals surface area contributed by atoms with Crippen LogP contribution in [0, 0.1) is 5.41 Å². The van der Waals surface area contributed by atoms with Crippen molar-refractivity contribution < 1.29 is 4.79 Å². The van der Waals surface area contributed by atoms with Gasteiger partial charge < -0.3 is 0 Å². The molecule has 0 amide bonds. The lowest BCUT2D eigenvalue weighted by atomic mass is 9.72. The SMILES string of the molecule is CCC(/C=C\C(C)=CC=O)=C(C)C=CC1=C(C)CCCC1(C)C. The molecule has 0 radical (unpaired) electrons. The Kier molecular flexibility index (Phi) is 7.48. The largest absolute Gasteiger partial charge is 0.299 e. The Labute approximate surface area is 142 Å². The van der Waals surface area contributed by atoms with Crippen molar-refractivity contribution in [1.29, 1.82) is 0 Å². The highest BCUT2D eigenvalue weighted by atomic mass is 16.1. The third kappa shape index (κ3) is 5.82. The maximum Gasteiger partial charge on any atom is 0.143 e. The Morgan fingerprint density at radius 2 is 1.87 bits per heavy atom. The molecule has 126 valence electrons. The molecule has 1 rings (SSSR count). The molecule has 1 nitrogen and oxygen atoms in total. The average Bonchev–Trinajstić information content (AvgIpc) is 2.47. The Bertz CT molecular complexity index is 577. The summed E-state index contributed by atoms with van der Waals surface area (Å²) in [6.07, 6.45) is 15.9. The molecule has 0 aromatic rings. The molecule has 0 atom stereocenters.